The summed E-state index contributed by atoms with van der Waals surface area (Å²) >= 11 is 0. The van der Waals surface area contributed by atoms with Crippen LogP contribution in [0.25, 0.3) is 11.3 Å². The molecule has 0 radical (unpaired) electrons. The van der Waals surface area contributed by atoms with Crippen LogP contribution in [0.1, 0.15) is 36.0 Å². The number of H-pyrrole nitrogens is 1. The van der Waals surface area contributed by atoms with Crippen LogP contribution in [0.15, 0.2) is 30.5 Å². The SMILES string of the molecule is O=C(NCC1CC12CCC2)c1cn[nH]c1-c1ccccc1F. The van der Waals surface area contributed by atoms with Gasteiger partial charge in [0.2, 0.25) is 0 Å². The molecule has 2 aliphatic rings. The monoisotopic (exact) mass is 299 g/mol. The van der Waals surface area contributed by atoms with Crippen molar-refractivity contribution in [2.24, 2.45) is 11.3 Å². The van der Waals surface area contributed by atoms with Crippen LogP contribution in [0.4, 0.5) is 4.39 Å². The number of halogens is 1. The Labute approximate surface area is 128 Å². The first-order valence-electron chi connectivity index (χ1n) is 7.76. The molecule has 2 N–H and O–H groups in total. The van der Waals surface area contributed by atoms with Gasteiger partial charge >= 0.3 is 0 Å². The highest BCUT2D eigenvalue weighted by molar-refractivity contribution is 5.99. The molecule has 22 heavy (non-hydrogen) atoms. The van der Waals surface area contributed by atoms with E-state index in [1.807, 2.05) is 0 Å². The maximum Gasteiger partial charge on any atom is 0.255 e. The largest absolute Gasteiger partial charge is 0.352 e. The molecule has 5 heteroatoms. The molecule has 2 aliphatic carbocycles. The van der Waals surface area contributed by atoms with Gasteiger partial charge in [-0.25, -0.2) is 4.39 Å². The number of aromatic amines is 1. The second kappa shape index (κ2) is 4.93. The van der Waals surface area contributed by atoms with Gasteiger partial charge in [-0.3, -0.25) is 9.89 Å². The quantitative estimate of drug-likeness (QED) is 0.911. The molecule has 0 saturated heterocycles. The first-order chi connectivity index (χ1) is 10.7. The van der Waals surface area contributed by atoms with E-state index >= 15 is 0 Å². The first kappa shape index (κ1) is 13.5. The number of carbonyl (C=O) groups is 1. The predicted molar refractivity (Wildman–Crippen MR) is 80.7 cm³/mol. The number of aromatic nitrogens is 2. The molecule has 1 aromatic carbocycles. The zero-order valence-electron chi connectivity index (χ0n) is 12.2. The van der Waals surface area contributed by atoms with Crippen molar-refractivity contribution in [1.82, 2.24) is 15.5 Å². The Morgan fingerprint density at radius 3 is 2.91 bits per heavy atom. The molecule has 114 valence electrons. The minimum Gasteiger partial charge on any atom is -0.352 e. The lowest BCUT2D eigenvalue weighted by molar-refractivity contribution is 0.0948. The highest BCUT2D eigenvalue weighted by atomic mass is 19.1. The molecule has 1 heterocycles. The van der Waals surface area contributed by atoms with Gasteiger partial charge in [0.25, 0.3) is 5.91 Å². The third-order valence-corrected chi connectivity index (χ3v) is 5.24. The maximum atomic E-state index is 13.9. The second-order valence-electron chi connectivity index (χ2n) is 6.47. The Morgan fingerprint density at radius 1 is 1.41 bits per heavy atom. The predicted octanol–water partition coefficient (Wildman–Crippen LogP) is 3.14. The highest BCUT2D eigenvalue weighted by Gasteiger charge is 2.56. The molecule has 4 rings (SSSR count). The number of rotatable bonds is 4. The van der Waals surface area contributed by atoms with Gasteiger partial charge in [0.15, 0.2) is 0 Å². The Balaban J connectivity index is 1.48. The summed E-state index contributed by atoms with van der Waals surface area (Å²) in [7, 11) is 0. The van der Waals surface area contributed by atoms with E-state index in [1.165, 1.54) is 37.9 Å². The van der Waals surface area contributed by atoms with Crippen molar-refractivity contribution in [3.63, 3.8) is 0 Å². The van der Waals surface area contributed by atoms with E-state index in [2.05, 4.69) is 15.5 Å². The Kier molecular flexibility index (Phi) is 3.03. The van der Waals surface area contributed by atoms with Crippen molar-refractivity contribution in [2.75, 3.05) is 6.54 Å². The van der Waals surface area contributed by atoms with Crippen LogP contribution in [-0.4, -0.2) is 22.6 Å². The molecule has 2 aromatic rings. The van der Waals surface area contributed by atoms with Gasteiger partial charge < -0.3 is 5.32 Å². The normalized spacial score (nSPS) is 21.4. The fourth-order valence-electron chi connectivity index (χ4n) is 3.60. The highest BCUT2D eigenvalue weighted by Crippen LogP contribution is 2.65. The van der Waals surface area contributed by atoms with Crippen LogP contribution in [0, 0.1) is 17.2 Å². The minimum absolute atomic E-state index is 0.187. The molecule has 1 amide bonds. The van der Waals surface area contributed by atoms with Crippen molar-refractivity contribution in [1.29, 1.82) is 0 Å². The van der Waals surface area contributed by atoms with E-state index in [9.17, 15) is 9.18 Å². The Morgan fingerprint density at radius 2 is 2.23 bits per heavy atom. The Hall–Kier alpha value is -2.17. The summed E-state index contributed by atoms with van der Waals surface area (Å²) in [5.74, 6) is 0.0683. The third kappa shape index (κ3) is 2.12. The summed E-state index contributed by atoms with van der Waals surface area (Å²) in [6.45, 7) is 0.709. The van der Waals surface area contributed by atoms with Crippen molar-refractivity contribution in [3.05, 3.63) is 41.8 Å². The number of nitrogens with one attached hydrogen (secondary N) is 2. The van der Waals surface area contributed by atoms with Gasteiger partial charge in [-0.1, -0.05) is 18.6 Å². The number of carbonyl (C=O) groups excluding carboxylic acids is 1. The van der Waals surface area contributed by atoms with Crippen molar-refractivity contribution < 1.29 is 9.18 Å². The molecule has 0 bridgehead atoms. The van der Waals surface area contributed by atoms with E-state index in [4.69, 9.17) is 0 Å². The lowest BCUT2D eigenvalue weighted by atomic mass is 9.80. The molecule has 1 atom stereocenters. The third-order valence-electron chi connectivity index (χ3n) is 5.24. The lowest BCUT2D eigenvalue weighted by Gasteiger charge is -2.26. The van der Waals surface area contributed by atoms with Crippen LogP contribution in [0.3, 0.4) is 0 Å². The number of hydrogen-bond acceptors (Lipinski definition) is 2. The van der Waals surface area contributed by atoms with Gasteiger partial charge in [0.1, 0.15) is 5.82 Å². The molecule has 4 nitrogen and oxygen atoms in total. The van der Waals surface area contributed by atoms with Gasteiger partial charge in [-0.15, -0.1) is 0 Å². The molecule has 1 aromatic heterocycles. The fraction of sp³-hybridized carbons (Fsp3) is 0.412. The molecule has 0 aliphatic heterocycles. The van der Waals surface area contributed by atoms with Crippen molar-refractivity contribution in [2.45, 2.75) is 25.7 Å². The molecular weight excluding hydrogens is 281 g/mol. The van der Waals surface area contributed by atoms with E-state index in [1.54, 1.807) is 18.2 Å². The zero-order chi connectivity index (χ0) is 15.2. The molecule has 1 unspecified atom stereocenters. The summed E-state index contributed by atoms with van der Waals surface area (Å²) in [4.78, 5) is 12.4. The topological polar surface area (TPSA) is 57.8 Å². The maximum absolute atomic E-state index is 13.9. The fourth-order valence-corrected chi connectivity index (χ4v) is 3.60. The van der Waals surface area contributed by atoms with Gasteiger partial charge in [0.05, 0.1) is 17.5 Å². The van der Waals surface area contributed by atoms with Crippen LogP contribution in [0.2, 0.25) is 0 Å². The molecule has 2 fully saturated rings. The summed E-state index contributed by atoms with van der Waals surface area (Å²) < 4.78 is 13.9. The van der Waals surface area contributed by atoms with E-state index in [0.717, 1.165) is 0 Å². The average molecular weight is 299 g/mol. The van der Waals surface area contributed by atoms with Crippen LogP contribution in [0.5, 0.6) is 0 Å². The molecule has 1 spiro atoms. The lowest BCUT2D eigenvalue weighted by Crippen LogP contribution is -2.28. The zero-order valence-corrected chi connectivity index (χ0v) is 12.2. The van der Waals surface area contributed by atoms with Crippen molar-refractivity contribution in [3.8, 4) is 11.3 Å². The van der Waals surface area contributed by atoms with Crippen molar-refractivity contribution >= 4 is 5.91 Å². The number of benzene rings is 1. The van der Waals surface area contributed by atoms with Crippen LogP contribution in [-0.2, 0) is 0 Å². The first-order valence-corrected chi connectivity index (χ1v) is 7.76. The van der Waals surface area contributed by atoms with Gasteiger partial charge in [-0.2, -0.15) is 5.10 Å². The number of hydrogen-bond donors (Lipinski definition) is 2. The van der Waals surface area contributed by atoms with Gasteiger partial charge in [-0.05, 0) is 42.7 Å². The summed E-state index contributed by atoms with van der Waals surface area (Å²) in [6, 6.07) is 6.39. The van der Waals surface area contributed by atoms with E-state index < -0.39 is 0 Å². The summed E-state index contributed by atoms with van der Waals surface area (Å²) in [6.07, 6.45) is 6.63. The van der Waals surface area contributed by atoms with Gasteiger partial charge in [0, 0.05) is 12.1 Å². The van der Waals surface area contributed by atoms with Crippen LogP contribution >= 0.6 is 0 Å². The minimum atomic E-state index is -0.364. The molecule has 2 saturated carbocycles. The summed E-state index contributed by atoms with van der Waals surface area (Å²) in [5, 5.41) is 9.62. The number of amides is 1. The van der Waals surface area contributed by atoms with Crippen LogP contribution < -0.4 is 5.32 Å². The average Bonchev–Trinajstić information content (AvgIpc) is 3.05. The Bertz CT molecular complexity index is 720. The van der Waals surface area contributed by atoms with E-state index in [-0.39, 0.29) is 11.7 Å². The van der Waals surface area contributed by atoms with E-state index in [0.29, 0.717) is 34.7 Å². The number of nitrogens with zero attached hydrogens (tertiary/aromatic N) is 1. The molecular formula is C17H18FN3O. The summed E-state index contributed by atoms with van der Waals surface area (Å²) in [5.41, 5.74) is 1.74. The smallest absolute Gasteiger partial charge is 0.255 e. The second-order valence-corrected chi connectivity index (χ2v) is 6.47. The standard InChI is InChI=1S/C17H18FN3O/c18-14-5-2-1-4-12(14)15-13(10-20-21-15)16(22)19-9-11-8-17(11)6-3-7-17/h1-2,4-5,10-11H,3,6-9H2,(H,19,22)(H,20,21).